The van der Waals surface area contributed by atoms with Crippen molar-refractivity contribution in [2.45, 2.75) is 0 Å². The summed E-state index contributed by atoms with van der Waals surface area (Å²) in [5.74, 6) is -1.16. The third kappa shape index (κ3) is 1.31. The van der Waals surface area contributed by atoms with Crippen LogP contribution in [0, 0.1) is 0 Å². The van der Waals surface area contributed by atoms with Crippen molar-refractivity contribution in [2.75, 3.05) is 0 Å². The van der Waals surface area contributed by atoms with Gasteiger partial charge < -0.3 is 10.1 Å². The Labute approximate surface area is 94.1 Å². The monoisotopic (exact) mass is 229 g/mol. The molecule has 84 valence electrons. The quantitative estimate of drug-likeness (QED) is 0.648. The number of hydrogen-bond donors (Lipinski definition) is 2. The van der Waals surface area contributed by atoms with Crippen molar-refractivity contribution in [1.29, 1.82) is 0 Å². The molecule has 0 aliphatic rings. The molecule has 3 aromatic rings. The van der Waals surface area contributed by atoms with Crippen LogP contribution in [0.5, 0.6) is 0 Å². The molecule has 0 atom stereocenters. The maximum absolute atomic E-state index is 12.0. The summed E-state index contributed by atoms with van der Waals surface area (Å²) in [6.07, 6.45) is 0. The largest absolute Gasteiger partial charge is 0.476 e. The van der Waals surface area contributed by atoms with E-state index < -0.39 is 5.97 Å². The lowest BCUT2D eigenvalue weighted by atomic mass is 10.2. The minimum absolute atomic E-state index is 0.159. The Kier molecular flexibility index (Phi) is 1.79. The third-order valence-corrected chi connectivity index (χ3v) is 2.54. The zero-order valence-electron chi connectivity index (χ0n) is 8.54. The van der Waals surface area contributed by atoms with E-state index in [0.29, 0.717) is 16.6 Å². The molecule has 2 heterocycles. The summed E-state index contributed by atoms with van der Waals surface area (Å²) in [7, 11) is 0. The van der Waals surface area contributed by atoms with Gasteiger partial charge in [0.1, 0.15) is 5.65 Å². The normalized spacial score (nSPS) is 11.1. The molecule has 0 amide bonds. The van der Waals surface area contributed by atoms with Gasteiger partial charge in [0.25, 0.3) is 5.56 Å². The molecule has 0 unspecified atom stereocenters. The first-order chi connectivity index (χ1) is 8.16. The van der Waals surface area contributed by atoms with Crippen molar-refractivity contribution in [3.8, 4) is 0 Å². The summed E-state index contributed by atoms with van der Waals surface area (Å²) < 4.78 is 1.06. The molecule has 3 rings (SSSR count). The first kappa shape index (κ1) is 9.59. The Hall–Kier alpha value is -2.63. The molecule has 0 aliphatic carbocycles. The highest BCUT2D eigenvalue weighted by Crippen LogP contribution is 2.09. The highest BCUT2D eigenvalue weighted by atomic mass is 16.4. The van der Waals surface area contributed by atoms with Crippen LogP contribution in [-0.4, -0.2) is 25.7 Å². The zero-order valence-corrected chi connectivity index (χ0v) is 8.54. The minimum atomic E-state index is -1.16. The number of aromatic nitrogens is 3. The fourth-order valence-corrected chi connectivity index (χ4v) is 1.76. The second kappa shape index (κ2) is 3.18. The number of nitrogens with zero attached hydrogens (tertiary/aromatic N) is 2. The van der Waals surface area contributed by atoms with Crippen molar-refractivity contribution in [3.05, 3.63) is 46.4 Å². The van der Waals surface area contributed by atoms with Crippen LogP contribution in [0.15, 0.2) is 35.1 Å². The molecule has 1 aromatic carbocycles. The van der Waals surface area contributed by atoms with Gasteiger partial charge in [0.2, 0.25) is 0 Å². The summed E-state index contributed by atoms with van der Waals surface area (Å²) in [5.41, 5.74) is 0.531. The SMILES string of the molecule is O=C(O)c1cc2[nH]c3ccccc3c(=O)n2n1. The van der Waals surface area contributed by atoms with E-state index in [1.807, 2.05) is 0 Å². The summed E-state index contributed by atoms with van der Waals surface area (Å²) in [4.78, 5) is 25.8. The van der Waals surface area contributed by atoms with E-state index in [9.17, 15) is 9.59 Å². The maximum atomic E-state index is 12.0. The Balaban J connectivity index is 2.51. The second-order valence-electron chi connectivity index (χ2n) is 3.61. The number of aromatic carboxylic acids is 1. The van der Waals surface area contributed by atoms with Crippen molar-refractivity contribution in [3.63, 3.8) is 0 Å². The van der Waals surface area contributed by atoms with E-state index >= 15 is 0 Å². The number of fused-ring (bicyclic) bond motifs is 2. The summed E-state index contributed by atoms with van der Waals surface area (Å²) >= 11 is 0. The van der Waals surface area contributed by atoms with Crippen LogP contribution in [0.2, 0.25) is 0 Å². The Morgan fingerprint density at radius 3 is 2.88 bits per heavy atom. The van der Waals surface area contributed by atoms with Crippen molar-refractivity contribution in [2.24, 2.45) is 0 Å². The van der Waals surface area contributed by atoms with Gasteiger partial charge in [-0.05, 0) is 12.1 Å². The highest BCUT2D eigenvalue weighted by molar-refractivity contribution is 5.87. The molecule has 0 fully saturated rings. The van der Waals surface area contributed by atoms with Crippen molar-refractivity contribution >= 4 is 22.5 Å². The van der Waals surface area contributed by atoms with Crippen LogP contribution >= 0.6 is 0 Å². The predicted molar refractivity (Wildman–Crippen MR) is 60.3 cm³/mol. The Morgan fingerprint density at radius 2 is 2.12 bits per heavy atom. The lowest BCUT2D eigenvalue weighted by molar-refractivity contribution is 0.0690. The number of rotatable bonds is 1. The molecule has 0 saturated heterocycles. The van der Waals surface area contributed by atoms with E-state index in [4.69, 9.17) is 5.11 Å². The van der Waals surface area contributed by atoms with Crippen molar-refractivity contribution in [1.82, 2.24) is 14.6 Å². The van der Waals surface area contributed by atoms with Gasteiger partial charge in [0, 0.05) is 6.07 Å². The fourth-order valence-electron chi connectivity index (χ4n) is 1.76. The van der Waals surface area contributed by atoms with Gasteiger partial charge in [-0.3, -0.25) is 4.79 Å². The standard InChI is InChI=1S/C11H7N3O3/c15-10-6-3-1-2-4-7(6)12-9-5-8(11(16)17)13-14(9)10/h1-5,12H,(H,16,17). The molecular weight excluding hydrogens is 222 g/mol. The number of hydrogen-bond acceptors (Lipinski definition) is 3. The van der Waals surface area contributed by atoms with Gasteiger partial charge in [0.15, 0.2) is 5.69 Å². The molecule has 6 heteroatoms. The van der Waals surface area contributed by atoms with E-state index in [-0.39, 0.29) is 11.3 Å². The van der Waals surface area contributed by atoms with Gasteiger partial charge in [-0.2, -0.15) is 9.61 Å². The summed E-state index contributed by atoms with van der Waals surface area (Å²) in [6, 6.07) is 8.28. The van der Waals surface area contributed by atoms with E-state index in [1.165, 1.54) is 6.07 Å². The maximum Gasteiger partial charge on any atom is 0.356 e. The van der Waals surface area contributed by atoms with Crippen LogP contribution < -0.4 is 5.56 Å². The fraction of sp³-hybridized carbons (Fsp3) is 0. The van der Waals surface area contributed by atoms with E-state index in [2.05, 4.69) is 10.1 Å². The average molecular weight is 229 g/mol. The van der Waals surface area contributed by atoms with Crippen LogP contribution in [0.3, 0.4) is 0 Å². The number of nitrogens with one attached hydrogen (secondary N) is 1. The zero-order chi connectivity index (χ0) is 12.0. The Bertz CT molecular complexity index is 800. The van der Waals surface area contributed by atoms with Crippen LogP contribution in [0.25, 0.3) is 16.6 Å². The number of carbonyl (C=O) groups is 1. The second-order valence-corrected chi connectivity index (χ2v) is 3.61. The molecule has 0 saturated carbocycles. The number of carboxylic acid groups (broad SMARTS) is 1. The first-order valence-electron chi connectivity index (χ1n) is 4.91. The number of benzene rings is 1. The molecule has 2 N–H and O–H groups in total. The van der Waals surface area contributed by atoms with Crippen LogP contribution in [0.4, 0.5) is 0 Å². The molecule has 0 aliphatic heterocycles. The summed E-state index contributed by atoms with van der Waals surface area (Å²) in [6.45, 7) is 0. The third-order valence-electron chi connectivity index (χ3n) is 2.54. The van der Waals surface area contributed by atoms with Crippen LogP contribution in [0.1, 0.15) is 10.5 Å². The molecule has 2 aromatic heterocycles. The molecule has 0 spiro atoms. The average Bonchev–Trinajstić information content (AvgIpc) is 2.74. The Morgan fingerprint density at radius 1 is 1.35 bits per heavy atom. The smallest absolute Gasteiger partial charge is 0.356 e. The number of carboxylic acids is 1. The van der Waals surface area contributed by atoms with E-state index in [0.717, 1.165) is 4.52 Å². The highest BCUT2D eigenvalue weighted by Gasteiger charge is 2.12. The number of aromatic amines is 1. The van der Waals surface area contributed by atoms with Gasteiger partial charge in [-0.15, -0.1) is 0 Å². The topological polar surface area (TPSA) is 87.5 Å². The van der Waals surface area contributed by atoms with Gasteiger partial charge in [0.05, 0.1) is 10.9 Å². The lowest BCUT2D eigenvalue weighted by Crippen LogP contribution is -2.15. The van der Waals surface area contributed by atoms with Gasteiger partial charge >= 0.3 is 5.97 Å². The predicted octanol–water partition coefficient (Wildman–Crippen LogP) is 0.874. The molecule has 0 radical (unpaired) electrons. The summed E-state index contributed by atoms with van der Waals surface area (Å²) in [5, 5.41) is 13.0. The molecule has 17 heavy (non-hydrogen) atoms. The van der Waals surface area contributed by atoms with Crippen LogP contribution in [-0.2, 0) is 0 Å². The number of para-hydroxylation sites is 1. The molecule has 0 bridgehead atoms. The lowest BCUT2D eigenvalue weighted by Gasteiger charge is -1.97. The minimum Gasteiger partial charge on any atom is -0.476 e. The van der Waals surface area contributed by atoms with E-state index in [1.54, 1.807) is 24.3 Å². The van der Waals surface area contributed by atoms with Gasteiger partial charge in [-0.25, -0.2) is 4.79 Å². The molecule has 6 nitrogen and oxygen atoms in total. The first-order valence-corrected chi connectivity index (χ1v) is 4.91. The number of H-pyrrole nitrogens is 1. The van der Waals surface area contributed by atoms with Gasteiger partial charge in [-0.1, -0.05) is 12.1 Å². The van der Waals surface area contributed by atoms with Crippen molar-refractivity contribution < 1.29 is 9.90 Å². The molecular formula is C11H7N3O3.